The van der Waals surface area contributed by atoms with E-state index in [4.69, 9.17) is 13.3 Å². The zero-order valence-corrected chi connectivity index (χ0v) is 65.4. The van der Waals surface area contributed by atoms with Gasteiger partial charge in [-0.15, -0.1) is 0 Å². The van der Waals surface area contributed by atoms with Crippen LogP contribution in [0.5, 0.6) is 0 Å². The van der Waals surface area contributed by atoms with Crippen molar-refractivity contribution in [3.63, 3.8) is 0 Å². The van der Waals surface area contributed by atoms with E-state index in [0.29, 0.717) is 5.46 Å². The Labute approximate surface area is 663 Å². The molecule has 15 aromatic carbocycles. The van der Waals surface area contributed by atoms with Crippen LogP contribution in [0, 0.1) is 0 Å². The standard InChI is InChI=1S/C60H42O2.C24H20Br2.C18H13BO3.CH4/c1-59(2)50-24-23-44-43-21-15-41(39-19-27-55-48(31-39)46-29-37(17-25-53(46)61-55)35-11-7-5-8-12-35)33-51(43)60(3,4)58(44)57(50)45-22-16-42(34-52(45)59)40-20-28-56-49(32-40)47-30-38(18-26-54(47)62-56)36-13-9-6-10-14-36;1-23(2)18-10-9-16-15-7-5-13(25)11-19(15)24(3,4)22(16)21(18)17-8-6-14(26)12-20(17)23;20-19(21)14-7-9-18-16(11-14)15-10-13(6-8-17(15)22-18)12-4-2-1-3-5-12;/h5-34H,1-4H3;5-12H,1-4H3;1-11,20-21H;1H4. The Morgan fingerprint density at radius 3 is 0.883 bits per heavy atom. The number of fused-ring (bicyclic) bond motifs is 23. The van der Waals surface area contributed by atoms with Crippen LogP contribution in [-0.2, 0) is 21.7 Å². The highest BCUT2D eigenvalue weighted by atomic mass is 79.9. The van der Waals surface area contributed by atoms with Crippen LogP contribution < -0.4 is 5.46 Å². The molecule has 0 saturated carbocycles. The van der Waals surface area contributed by atoms with Crippen LogP contribution in [0.1, 0.15) is 107 Å². The Kier molecular flexibility index (Phi) is 16.3. The highest BCUT2D eigenvalue weighted by Crippen LogP contribution is 2.62. The SMILES string of the molecule is C.CC1(C)c2cc(-c3ccc4oc5ccc(-c6ccccc6)cc5c4c3)ccc2-c2c1ccc1c2C(C)(C)c2cc(-c3ccc4oc5ccc(-c6ccccc6)cc5c4c3)ccc2-1.CC1(C)c2cc(Br)ccc2-c2c1ccc1c2C(C)(C)c2cc(Br)ccc2-1.OB(O)c1ccc2oc3ccc(-c4ccccc4)cc3c2c1. The van der Waals surface area contributed by atoms with Crippen molar-refractivity contribution in [1.82, 2.24) is 0 Å². The van der Waals surface area contributed by atoms with Crippen LogP contribution in [0.2, 0.25) is 0 Å². The molecular weight excluding hydrogens is 1490 g/mol. The monoisotopic (exact) mass is 1560 g/mol. The van der Waals surface area contributed by atoms with Gasteiger partial charge < -0.3 is 23.3 Å². The van der Waals surface area contributed by atoms with Crippen molar-refractivity contribution < 1.29 is 23.3 Å². The minimum atomic E-state index is -1.48. The van der Waals surface area contributed by atoms with Gasteiger partial charge in [0.15, 0.2) is 0 Å². The van der Waals surface area contributed by atoms with Gasteiger partial charge in [0.2, 0.25) is 0 Å². The van der Waals surface area contributed by atoms with E-state index >= 15 is 0 Å². The van der Waals surface area contributed by atoms with E-state index < -0.39 is 7.12 Å². The fraction of sp³-hybridized carbons (Fsp3) is 0.126. The summed E-state index contributed by atoms with van der Waals surface area (Å²) in [6, 6.07) is 106. The van der Waals surface area contributed by atoms with E-state index in [1.54, 1.807) is 18.2 Å². The van der Waals surface area contributed by atoms with Gasteiger partial charge in [0.05, 0.1) is 0 Å². The molecule has 0 aliphatic heterocycles. The summed E-state index contributed by atoms with van der Waals surface area (Å²) in [5.41, 5.74) is 39.6. The molecule has 0 saturated heterocycles. The average molecular weight is 1570 g/mol. The van der Waals surface area contributed by atoms with Gasteiger partial charge in [-0.2, -0.15) is 0 Å². The third-order valence-electron chi connectivity index (χ3n) is 24.5. The van der Waals surface area contributed by atoms with Crippen LogP contribution in [0.4, 0.5) is 0 Å². The summed E-state index contributed by atoms with van der Waals surface area (Å²) in [5, 5.41) is 25.1. The summed E-state index contributed by atoms with van der Waals surface area (Å²) in [5.74, 6) is 0. The van der Waals surface area contributed by atoms with Crippen molar-refractivity contribution in [1.29, 1.82) is 0 Å². The van der Waals surface area contributed by atoms with Crippen molar-refractivity contribution in [3.8, 4) is 100 Å². The molecule has 0 fully saturated rings. The minimum absolute atomic E-state index is 0. The van der Waals surface area contributed by atoms with E-state index in [1.807, 2.05) is 30.3 Å². The maximum absolute atomic E-state index is 9.35. The zero-order chi connectivity index (χ0) is 75.0. The molecule has 2 N–H and O–H groups in total. The van der Waals surface area contributed by atoms with Gasteiger partial charge in [0, 0.05) is 62.9 Å². The number of hydrogen-bond acceptors (Lipinski definition) is 5. The molecule has 3 aromatic heterocycles. The van der Waals surface area contributed by atoms with Crippen LogP contribution in [0.25, 0.3) is 166 Å². The van der Waals surface area contributed by atoms with Crippen molar-refractivity contribution in [2.45, 2.75) is 84.5 Å². The second kappa shape index (κ2) is 25.9. The first-order chi connectivity index (χ1) is 53.1. The summed E-state index contributed by atoms with van der Waals surface area (Å²) in [6.07, 6.45) is 0. The Hall–Kier alpha value is -11.4. The Morgan fingerprint density at radius 2 is 0.514 bits per heavy atom. The smallest absolute Gasteiger partial charge is 0.456 e. The van der Waals surface area contributed by atoms with E-state index in [-0.39, 0.29) is 29.1 Å². The lowest BCUT2D eigenvalue weighted by Gasteiger charge is -2.26. The molecule has 4 aliphatic carbocycles. The van der Waals surface area contributed by atoms with Crippen LogP contribution in [0.15, 0.2) is 319 Å². The summed E-state index contributed by atoms with van der Waals surface area (Å²) in [6.45, 7) is 19.1. The lowest BCUT2D eigenvalue weighted by atomic mass is 9.77. The molecule has 3 heterocycles. The number of benzene rings is 15. The molecular formula is C103H79BBr2O5. The van der Waals surface area contributed by atoms with Gasteiger partial charge >= 0.3 is 7.12 Å². The molecule has 0 spiro atoms. The second-order valence-electron chi connectivity index (χ2n) is 32.3. The number of halogens is 2. The fourth-order valence-corrected chi connectivity index (χ4v) is 19.6. The molecule has 0 amide bonds. The van der Waals surface area contributed by atoms with Gasteiger partial charge in [-0.05, 0) is 253 Å². The summed E-state index contributed by atoms with van der Waals surface area (Å²) >= 11 is 7.34. The predicted molar refractivity (Wildman–Crippen MR) is 471 cm³/mol. The molecule has 4 aliphatic rings. The maximum atomic E-state index is 9.35. The first-order valence-corrected chi connectivity index (χ1v) is 39.4. The van der Waals surface area contributed by atoms with Crippen LogP contribution in [-0.4, -0.2) is 17.2 Å². The first kappa shape index (κ1) is 70.1. The summed E-state index contributed by atoms with van der Waals surface area (Å²) < 4.78 is 20.8. The Balaban J connectivity index is 0.000000138. The topological polar surface area (TPSA) is 79.9 Å². The van der Waals surface area contributed by atoms with Crippen molar-refractivity contribution in [2.24, 2.45) is 0 Å². The highest BCUT2D eigenvalue weighted by Gasteiger charge is 2.47. The molecule has 0 unspecified atom stereocenters. The molecule has 18 aromatic rings. The van der Waals surface area contributed by atoms with Crippen molar-refractivity contribution in [3.05, 3.63) is 351 Å². The van der Waals surface area contributed by atoms with Gasteiger partial charge in [-0.3, -0.25) is 0 Å². The minimum Gasteiger partial charge on any atom is -0.456 e. The normalized spacial score (nSPS) is 14.3. The molecule has 0 radical (unpaired) electrons. The number of furan rings is 3. The van der Waals surface area contributed by atoms with Gasteiger partial charge in [0.1, 0.15) is 33.5 Å². The van der Waals surface area contributed by atoms with Gasteiger partial charge in [-0.25, -0.2) is 0 Å². The Bertz CT molecular complexity index is 6890. The Morgan fingerprint density at radius 1 is 0.243 bits per heavy atom. The largest absolute Gasteiger partial charge is 0.488 e. The fourth-order valence-electron chi connectivity index (χ4n) is 18.9. The molecule has 22 rings (SSSR count). The van der Waals surface area contributed by atoms with E-state index in [0.717, 1.165) is 85.9 Å². The van der Waals surface area contributed by atoms with Crippen molar-refractivity contribution in [2.75, 3.05) is 0 Å². The molecule has 111 heavy (non-hydrogen) atoms. The molecule has 0 atom stereocenters. The summed E-state index contributed by atoms with van der Waals surface area (Å²) in [4.78, 5) is 0. The third-order valence-corrected chi connectivity index (χ3v) is 25.5. The van der Waals surface area contributed by atoms with E-state index in [9.17, 15) is 10.0 Å². The third kappa shape index (κ3) is 11.1. The maximum Gasteiger partial charge on any atom is 0.488 e. The average Bonchev–Trinajstić information content (AvgIpc) is 1.53. The lowest BCUT2D eigenvalue weighted by molar-refractivity contribution is 0.426. The first-order valence-electron chi connectivity index (χ1n) is 37.8. The van der Waals surface area contributed by atoms with Crippen LogP contribution in [0.3, 0.4) is 0 Å². The number of rotatable bonds is 6. The molecule has 0 bridgehead atoms. The van der Waals surface area contributed by atoms with Crippen molar-refractivity contribution >= 4 is 110 Å². The molecule has 5 nitrogen and oxygen atoms in total. The highest BCUT2D eigenvalue weighted by molar-refractivity contribution is 9.10. The summed E-state index contributed by atoms with van der Waals surface area (Å²) in [7, 11) is -1.48. The molecule has 538 valence electrons. The lowest BCUT2D eigenvalue weighted by Crippen LogP contribution is -2.29. The van der Waals surface area contributed by atoms with Gasteiger partial charge in [0.25, 0.3) is 0 Å². The molecule has 8 heteroatoms. The van der Waals surface area contributed by atoms with Crippen LogP contribution >= 0.6 is 31.9 Å². The quantitative estimate of drug-likeness (QED) is 0.162. The number of hydrogen-bond donors (Lipinski definition) is 2. The second-order valence-corrected chi connectivity index (χ2v) is 34.1. The zero-order valence-electron chi connectivity index (χ0n) is 62.2. The predicted octanol–water partition coefficient (Wildman–Crippen LogP) is 28.2. The van der Waals surface area contributed by atoms with E-state index in [2.05, 4.69) is 336 Å². The van der Waals surface area contributed by atoms with E-state index in [1.165, 1.54) is 134 Å². The van der Waals surface area contributed by atoms with Gasteiger partial charge in [-0.1, -0.05) is 289 Å².